The molecular formula is C20H31N5O3. The number of aliphatic imine (C=N–C) groups is 1. The van der Waals surface area contributed by atoms with Crippen molar-refractivity contribution in [1.29, 1.82) is 0 Å². The summed E-state index contributed by atoms with van der Waals surface area (Å²) < 4.78 is 18.2. The second-order valence-corrected chi connectivity index (χ2v) is 6.37. The number of rotatable bonds is 8. The van der Waals surface area contributed by atoms with E-state index in [-0.39, 0.29) is 0 Å². The van der Waals surface area contributed by atoms with Crippen molar-refractivity contribution in [2.24, 2.45) is 12.0 Å². The van der Waals surface area contributed by atoms with Crippen LogP contribution in [-0.4, -0.2) is 50.7 Å². The predicted octanol–water partition coefficient (Wildman–Crippen LogP) is 1.97. The number of methoxy groups -OCH3 is 3. The average Bonchev–Trinajstić information content (AvgIpc) is 2.95. The van der Waals surface area contributed by atoms with Crippen LogP contribution in [0.2, 0.25) is 0 Å². The molecule has 2 rings (SSSR count). The van der Waals surface area contributed by atoms with Crippen LogP contribution in [0.4, 0.5) is 0 Å². The van der Waals surface area contributed by atoms with Crippen LogP contribution in [0.5, 0.6) is 17.2 Å². The normalized spacial score (nSPS) is 11.3. The fraction of sp³-hybridized carbons (Fsp3) is 0.500. The molecule has 0 fully saturated rings. The molecule has 0 bridgehead atoms. The molecule has 0 saturated heterocycles. The largest absolute Gasteiger partial charge is 0.493 e. The van der Waals surface area contributed by atoms with E-state index >= 15 is 0 Å². The maximum atomic E-state index is 5.54. The van der Waals surface area contributed by atoms with Crippen molar-refractivity contribution in [3.05, 3.63) is 34.6 Å². The van der Waals surface area contributed by atoms with E-state index in [1.54, 1.807) is 28.4 Å². The first-order chi connectivity index (χ1) is 13.5. The van der Waals surface area contributed by atoms with E-state index in [2.05, 4.69) is 27.6 Å². The number of ether oxygens (including phenoxy) is 3. The van der Waals surface area contributed by atoms with Crippen LogP contribution in [0.25, 0.3) is 0 Å². The van der Waals surface area contributed by atoms with Crippen LogP contribution >= 0.6 is 0 Å². The number of aryl methyl sites for hydroxylation is 2. The second kappa shape index (κ2) is 9.87. The van der Waals surface area contributed by atoms with Crippen molar-refractivity contribution < 1.29 is 14.2 Å². The molecule has 0 aliphatic carbocycles. The van der Waals surface area contributed by atoms with Gasteiger partial charge >= 0.3 is 0 Å². The highest BCUT2D eigenvalue weighted by atomic mass is 16.5. The van der Waals surface area contributed by atoms with Gasteiger partial charge in [-0.2, -0.15) is 5.10 Å². The summed E-state index contributed by atoms with van der Waals surface area (Å²) in [5.74, 6) is 2.68. The number of hydrogen-bond acceptors (Lipinski definition) is 5. The van der Waals surface area contributed by atoms with Crippen molar-refractivity contribution in [2.45, 2.75) is 26.8 Å². The molecule has 0 aliphatic heterocycles. The smallest absolute Gasteiger partial charge is 0.203 e. The first-order valence-electron chi connectivity index (χ1n) is 9.18. The summed E-state index contributed by atoms with van der Waals surface area (Å²) >= 11 is 0. The molecule has 0 atom stereocenters. The van der Waals surface area contributed by atoms with Gasteiger partial charge in [0.15, 0.2) is 17.5 Å². The van der Waals surface area contributed by atoms with Gasteiger partial charge in [0, 0.05) is 44.0 Å². The molecule has 8 heteroatoms. The predicted molar refractivity (Wildman–Crippen MR) is 111 cm³/mol. The molecule has 0 aliphatic rings. The van der Waals surface area contributed by atoms with Crippen LogP contribution in [-0.2, 0) is 20.0 Å². The molecule has 28 heavy (non-hydrogen) atoms. The quantitative estimate of drug-likeness (QED) is 0.531. The number of guanidine groups is 1. The Morgan fingerprint density at radius 3 is 2.32 bits per heavy atom. The van der Waals surface area contributed by atoms with Gasteiger partial charge in [0.1, 0.15) is 0 Å². The SMILES string of the molecule is CN=C(NCCc1ccc(OC)c(OC)c1OC)NCc1c(C)nn(C)c1C. The molecule has 1 heterocycles. The summed E-state index contributed by atoms with van der Waals surface area (Å²) in [6, 6.07) is 3.87. The summed E-state index contributed by atoms with van der Waals surface area (Å²) in [6.45, 7) is 5.45. The Morgan fingerprint density at radius 1 is 1.07 bits per heavy atom. The highest BCUT2D eigenvalue weighted by molar-refractivity contribution is 5.79. The van der Waals surface area contributed by atoms with Gasteiger partial charge in [-0.1, -0.05) is 6.07 Å². The zero-order valence-corrected chi connectivity index (χ0v) is 17.8. The van der Waals surface area contributed by atoms with Gasteiger partial charge in [-0.15, -0.1) is 0 Å². The molecule has 1 aromatic carbocycles. The van der Waals surface area contributed by atoms with Crippen LogP contribution in [0.3, 0.4) is 0 Å². The Bertz CT molecular complexity index is 830. The van der Waals surface area contributed by atoms with Gasteiger partial charge in [-0.3, -0.25) is 9.67 Å². The topological polar surface area (TPSA) is 81.9 Å². The molecule has 0 radical (unpaired) electrons. The van der Waals surface area contributed by atoms with E-state index in [0.29, 0.717) is 30.3 Å². The minimum atomic E-state index is 0.604. The van der Waals surface area contributed by atoms with E-state index < -0.39 is 0 Å². The molecule has 2 aromatic rings. The lowest BCUT2D eigenvalue weighted by Gasteiger charge is -2.16. The fourth-order valence-corrected chi connectivity index (χ4v) is 3.14. The Kier molecular flexibility index (Phi) is 7.54. The van der Waals surface area contributed by atoms with Crippen molar-refractivity contribution in [3.63, 3.8) is 0 Å². The molecule has 2 N–H and O–H groups in total. The number of hydrogen-bond donors (Lipinski definition) is 2. The molecule has 1 aromatic heterocycles. The van der Waals surface area contributed by atoms with Crippen LogP contribution in [0.1, 0.15) is 22.5 Å². The number of nitrogens with one attached hydrogen (secondary N) is 2. The van der Waals surface area contributed by atoms with Crippen molar-refractivity contribution in [2.75, 3.05) is 34.9 Å². The number of aromatic nitrogens is 2. The van der Waals surface area contributed by atoms with Crippen molar-refractivity contribution >= 4 is 5.96 Å². The third-order valence-electron chi connectivity index (χ3n) is 4.79. The maximum absolute atomic E-state index is 5.54. The Morgan fingerprint density at radius 2 is 1.79 bits per heavy atom. The average molecular weight is 390 g/mol. The van der Waals surface area contributed by atoms with Gasteiger partial charge in [0.25, 0.3) is 0 Å². The minimum Gasteiger partial charge on any atom is -0.493 e. The minimum absolute atomic E-state index is 0.604. The van der Waals surface area contributed by atoms with Gasteiger partial charge in [-0.25, -0.2) is 0 Å². The van der Waals surface area contributed by atoms with E-state index in [1.807, 2.05) is 30.8 Å². The number of benzene rings is 1. The summed E-state index contributed by atoms with van der Waals surface area (Å²) in [5, 5.41) is 11.1. The van der Waals surface area contributed by atoms with E-state index in [1.165, 1.54) is 5.56 Å². The van der Waals surface area contributed by atoms with Crippen LogP contribution < -0.4 is 24.8 Å². The van der Waals surface area contributed by atoms with E-state index in [0.717, 1.165) is 29.3 Å². The summed E-state index contributed by atoms with van der Waals surface area (Å²) in [7, 11) is 8.56. The summed E-state index contributed by atoms with van der Waals surface area (Å²) in [5.41, 5.74) is 4.39. The summed E-state index contributed by atoms with van der Waals surface area (Å²) in [4.78, 5) is 4.30. The lowest BCUT2D eigenvalue weighted by atomic mass is 10.1. The van der Waals surface area contributed by atoms with Gasteiger partial charge < -0.3 is 24.8 Å². The lowest BCUT2D eigenvalue weighted by molar-refractivity contribution is 0.322. The van der Waals surface area contributed by atoms with Gasteiger partial charge in [0.2, 0.25) is 5.75 Å². The van der Waals surface area contributed by atoms with Gasteiger partial charge in [0.05, 0.1) is 27.0 Å². The summed E-state index contributed by atoms with van der Waals surface area (Å²) in [6.07, 6.45) is 0.745. The zero-order chi connectivity index (χ0) is 20.7. The Hall–Kier alpha value is -2.90. The molecule has 0 amide bonds. The molecule has 8 nitrogen and oxygen atoms in total. The zero-order valence-electron chi connectivity index (χ0n) is 17.8. The molecule has 0 unspecified atom stereocenters. The molecular weight excluding hydrogens is 358 g/mol. The molecule has 0 spiro atoms. The van der Waals surface area contributed by atoms with Crippen LogP contribution in [0.15, 0.2) is 17.1 Å². The Labute approximate surface area is 166 Å². The van der Waals surface area contributed by atoms with E-state index in [9.17, 15) is 0 Å². The van der Waals surface area contributed by atoms with Crippen molar-refractivity contribution in [3.8, 4) is 17.2 Å². The van der Waals surface area contributed by atoms with Crippen molar-refractivity contribution in [1.82, 2.24) is 20.4 Å². The van der Waals surface area contributed by atoms with E-state index in [4.69, 9.17) is 14.2 Å². The number of nitrogens with zero attached hydrogens (tertiary/aromatic N) is 3. The van der Waals surface area contributed by atoms with Gasteiger partial charge in [-0.05, 0) is 26.3 Å². The second-order valence-electron chi connectivity index (χ2n) is 6.37. The first kappa shape index (κ1) is 21.4. The third-order valence-corrected chi connectivity index (χ3v) is 4.79. The monoisotopic (exact) mass is 389 g/mol. The highest BCUT2D eigenvalue weighted by Crippen LogP contribution is 2.39. The maximum Gasteiger partial charge on any atom is 0.203 e. The fourth-order valence-electron chi connectivity index (χ4n) is 3.14. The molecule has 0 saturated carbocycles. The third kappa shape index (κ3) is 4.68. The van der Waals surface area contributed by atoms with Crippen LogP contribution in [0, 0.1) is 13.8 Å². The first-order valence-corrected chi connectivity index (χ1v) is 9.18. The highest BCUT2D eigenvalue weighted by Gasteiger charge is 2.15. The standard InChI is InChI=1S/C20H31N5O3/c1-13-16(14(2)25(4)24-13)12-23-20(21-3)22-11-10-15-8-9-17(26-5)19(28-7)18(15)27-6/h8-9H,10-12H2,1-7H3,(H2,21,22,23). The Balaban J connectivity index is 1.98. The lowest BCUT2D eigenvalue weighted by Crippen LogP contribution is -2.38. The molecule has 154 valence electrons.